The Morgan fingerprint density at radius 2 is 1.75 bits per heavy atom. The van der Waals surface area contributed by atoms with Crippen LogP contribution in [0.5, 0.6) is 0 Å². The van der Waals surface area contributed by atoms with E-state index in [2.05, 4.69) is 4.72 Å². The largest absolute Gasteiger partial charge is 0.279 e. The van der Waals surface area contributed by atoms with Crippen molar-refractivity contribution in [1.82, 2.24) is 0 Å². The van der Waals surface area contributed by atoms with Gasteiger partial charge in [0.05, 0.1) is 10.6 Å². The third-order valence-electron chi connectivity index (χ3n) is 2.93. The van der Waals surface area contributed by atoms with Gasteiger partial charge >= 0.3 is 0 Å². The van der Waals surface area contributed by atoms with Crippen LogP contribution < -0.4 is 4.72 Å². The molecule has 1 N–H and O–H groups in total. The van der Waals surface area contributed by atoms with Gasteiger partial charge in [-0.15, -0.1) is 0 Å². The van der Waals surface area contributed by atoms with E-state index in [1.54, 1.807) is 12.1 Å². The minimum absolute atomic E-state index is 0.0870. The fraction of sp³-hybridized carbons (Fsp3) is 0.200. The molecule has 0 aliphatic carbocycles. The Labute approximate surface area is 118 Å². The summed E-state index contributed by atoms with van der Waals surface area (Å²) in [6, 6.07) is 12.1. The second-order valence-corrected chi connectivity index (χ2v) is 6.49. The summed E-state index contributed by atoms with van der Waals surface area (Å²) in [6.45, 7) is 3.96. The Kier molecular flexibility index (Phi) is 4.09. The molecule has 5 heteroatoms. The van der Waals surface area contributed by atoms with Gasteiger partial charge in [-0.3, -0.25) is 4.72 Å². The normalized spacial score (nSPS) is 11.6. The molecule has 0 bridgehead atoms. The lowest BCUT2D eigenvalue weighted by Gasteiger charge is -2.14. The SMILES string of the molecule is CC(C)c1ccccc1NS(=O)(=O)c1cccc(F)c1. The number of anilines is 1. The molecule has 0 heterocycles. The first-order chi connectivity index (χ1) is 9.40. The molecule has 0 atom stereocenters. The van der Waals surface area contributed by atoms with Gasteiger partial charge in [-0.25, -0.2) is 12.8 Å². The summed E-state index contributed by atoms with van der Waals surface area (Å²) < 4.78 is 40.2. The minimum atomic E-state index is -3.78. The van der Waals surface area contributed by atoms with E-state index in [1.807, 2.05) is 26.0 Å². The quantitative estimate of drug-likeness (QED) is 0.933. The minimum Gasteiger partial charge on any atom is -0.279 e. The molecule has 0 radical (unpaired) electrons. The van der Waals surface area contributed by atoms with Crippen molar-refractivity contribution in [3.05, 3.63) is 59.9 Å². The number of sulfonamides is 1. The first-order valence-corrected chi connectivity index (χ1v) is 7.76. The first-order valence-electron chi connectivity index (χ1n) is 6.27. The van der Waals surface area contributed by atoms with Crippen LogP contribution in [0.2, 0.25) is 0 Å². The van der Waals surface area contributed by atoms with Crippen LogP contribution in [0.3, 0.4) is 0 Å². The maximum absolute atomic E-state index is 13.2. The molecule has 20 heavy (non-hydrogen) atoms. The van der Waals surface area contributed by atoms with Crippen molar-refractivity contribution in [1.29, 1.82) is 0 Å². The molecule has 0 unspecified atom stereocenters. The summed E-state index contributed by atoms with van der Waals surface area (Å²) in [4.78, 5) is -0.0870. The van der Waals surface area contributed by atoms with Crippen molar-refractivity contribution in [3.63, 3.8) is 0 Å². The summed E-state index contributed by atoms with van der Waals surface area (Å²) in [5, 5.41) is 0. The van der Waals surface area contributed by atoms with Crippen LogP contribution in [0, 0.1) is 5.82 Å². The van der Waals surface area contributed by atoms with Crippen LogP contribution in [0.25, 0.3) is 0 Å². The van der Waals surface area contributed by atoms with Gasteiger partial charge < -0.3 is 0 Å². The van der Waals surface area contributed by atoms with Gasteiger partial charge in [0.15, 0.2) is 0 Å². The van der Waals surface area contributed by atoms with Crippen LogP contribution in [-0.4, -0.2) is 8.42 Å². The first kappa shape index (κ1) is 14.5. The van der Waals surface area contributed by atoms with Gasteiger partial charge in [-0.2, -0.15) is 0 Å². The fourth-order valence-corrected chi connectivity index (χ4v) is 3.05. The van der Waals surface area contributed by atoms with Gasteiger partial charge in [0.1, 0.15) is 5.82 Å². The van der Waals surface area contributed by atoms with E-state index in [-0.39, 0.29) is 10.8 Å². The van der Waals surface area contributed by atoms with Crippen LogP contribution in [-0.2, 0) is 10.0 Å². The van der Waals surface area contributed by atoms with E-state index >= 15 is 0 Å². The van der Waals surface area contributed by atoms with E-state index in [0.29, 0.717) is 5.69 Å². The van der Waals surface area contributed by atoms with Crippen molar-refractivity contribution < 1.29 is 12.8 Å². The topological polar surface area (TPSA) is 46.2 Å². The highest BCUT2D eigenvalue weighted by atomic mass is 32.2. The Bertz CT molecular complexity index is 711. The Morgan fingerprint density at radius 1 is 1.05 bits per heavy atom. The molecule has 0 saturated heterocycles. The number of hydrogen-bond donors (Lipinski definition) is 1. The number of hydrogen-bond acceptors (Lipinski definition) is 2. The molecule has 0 aromatic heterocycles. The number of halogens is 1. The van der Waals surface area contributed by atoms with Gasteiger partial charge in [0.2, 0.25) is 0 Å². The molecular formula is C15H16FNO2S. The number of rotatable bonds is 4. The highest BCUT2D eigenvalue weighted by molar-refractivity contribution is 7.92. The maximum Gasteiger partial charge on any atom is 0.262 e. The molecule has 0 spiro atoms. The lowest BCUT2D eigenvalue weighted by Crippen LogP contribution is -2.14. The number of para-hydroxylation sites is 1. The third kappa shape index (κ3) is 3.17. The number of benzene rings is 2. The van der Waals surface area contributed by atoms with E-state index in [1.165, 1.54) is 18.2 Å². The number of nitrogens with one attached hydrogen (secondary N) is 1. The lowest BCUT2D eigenvalue weighted by molar-refractivity contribution is 0.595. The molecule has 2 rings (SSSR count). The molecular weight excluding hydrogens is 277 g/mol. The van der Waals surface area contributed by atoms with E-state index in [4.69, 9.17) is 0 Å². The van der Waals surface area contributed by atoms with Gasteiger partial charge in [-0.1, -0.05) is 38.1 Å². The highest BCUT2D eigenvalue weighted by Gasteiger charge is 2.17. The Morgan fingerprint density at radius 3 is 2.40 bits per heavy atom. The summed E-state index contributed by atoms with van der Waals surface area (Å²) >= 11 is 0. The molecule has 2 aromatic rings. The average Bonchev–Trinajstić information content (AvgIpc) is 2.38. The van der Waals surface area contributed by atoms with Crippen molar-refractivity contribution in [2.24, 2.45) is 0 Å². The molecule has 3 nitrogen and oxygen atoms in total. The van der Waals surface area contributed by atoms with E-state index < -0.39 is 15.8 Å². The summed E-state index contributed by atoms with van der Waals surface area (Å²) in [5.74, 6) is -0.397. The predicted molar refractivity (Wildman–Crippen MR) is 77.7 cm³/mol. The van der Waals surface area contributed by atoms with Crippen molar-refractivity contribution in [3.8, 4) is 0 Å². The van der Waals surface area contributed by atoms with Crippen molar-refractivity contribution >= 4 is 15.7 Å². The van der Waals surface area contributed by atoms with E-state index in [9.17, 15) is 12.8 Å². The maximum atomic E-state index is 13.2. The fourth-order valence-electron chi connectivity index (χ4n) is 1.93. The van der Waals surface area contributed by atoms with Gasteiger partial charge in [-0.05, 0) is 35.7 Å². The second kappa shape index (κ2) is 5.63. The van der Waals surface area contributed by atoms with Crippen LogP contribution >= 0.6 is 0 Å². The third-order valence-corrected chi connectivity index (χ3v) is 4.30. The second-order valence-electron chi connectivity index (χ2n) is 4.80. The van der Waals surface area contributed by atoms with Crippen molar-refractivity contribution in [2.75, 3.05) is 4.72 Å². The predicted octanol–water partition coefficient (Wildman–Crippen LogP) is 3.75. The van der Waals surface area contributed by atoms with E-state index in [0.717, 1.165) is 11.6 Å². The summed E-state index contributed by atoms with van der Waals surface area (Å²) in [6.07, 6.45) is 0. The summed E-state index contributed by atoms with van der Waals surface area (Å²) in [7, 11) is -3.78. The average molecular weight is 293 g/mol. The van der Waals surface area contributed by atoms with Crippen molar-refractivity contribution in [2.45, 2.75) is 24.7 Å². The molecule has 0 aliphatic heterocycles. The highest BCUT2D eigenvalue weighted by Crippen LogP contribution is 2.26. The van der Waals surface area contributed by atoms with Crippen LogP contribution in [0.4, 0.5) is 10.1 Å². The van der Waals surface area contributed by atoms with Crippen LogP contribution in [0.1, 0.15) is 25.3 Å². The standard InChI is InChI=1S/C15H16FNO2S/c1-11(2)14-8-3-4-9-15(14)17-20(18,19)13-7-5-6-12(16)10-13/h3-11,17H,1-2H3. The Balaban J connectivity index is 2.39. The monoisotopic (exact) mass is 293 g/mol. The molecule has 106 valence electrons. The molecule has 0 amide bonds. The Hall–Kier alpha value is -1.88. The lowest BCUT2D eigenvalue weighted by atomic mass is 10.0. The zero-order chi connectivity index (χ0) is 14.8. The smallest absolute Gasteiger partial charge is 0.262 e. The molecule has 0 saturated carbocycles. The zero-order valence-electron chi connectivity index (χ0n) is 11.3. The van der Waals surface area contributed by atoms with Crippen LogP contribution in [0.15, 0.2) is 53.4 Å². The zero-order valence-corrected chi connectivity index (χ0v) is 12.1. The molecule has 0 aliphatic rings. The van der Waals surface area contributed by atoms with Gasteiger partial charge in [0, 0.05) is 0 Å². The molecule has 2 aromatic carbocycles. The summed E-state index contributed by atoms with van der Waals surface area (Å²) in [5.41, 5.74) is 1.42. The molecule has 0 fully saturated rings. The van der Waals surface area contributed by atoms with Gasteiger partial charge in [0.25, 0.3) is 10.0 Å².